The molecule has 5 unspecified atom stereocenters. The molecule has 5 aromatic rings. The van der Waals surface area contributed by atoms with Crippen molar-refractivity contribution >= 4 is 90.9 Å². The number of fused-ring (bicyclic) bond motifs is 4. The number of amides is 5. The molecule has 10 N–H and O–H groups in total. The number of aromatic amines is 1. The van der Waals surface area contributed by atoms with Gasteiger partial charge >= 0.3 is 21.7 Å². The van der Waals surface area contributed by atoms with E-state index in [-0.39, 0.29) is 89.5 Å². The van der Waals surface area contributed by atoms with Crippen LogP contribution in [-0.4, -0.2) is 162 Å². The zero-order chi connectivity index (χ0) is 58.8. The van der Waals surface area contributed by atoms with Gasteiger partial charge < -0.3 is 50.6 Å². The molecule has 35 heteroatoms. The van der Waals surface area contributed by atoms with Gasteiger partial charge in [-0.2, -0.15) is 4.98 Å². The van der Waals surface area contributed by atoms with Gasteiger partial charge in [-0.1, -0.05) is 39.3 Å². The number of imide groups is 1. The first-order valence-electron chi connectivity index (χ1n) is 25.5. The number of Topliss-reactive ketones (excluding diaryl/α,β-unsaturated/α-hetero) is 1. The molecular formula is C47H57N13O20P2. The number of nitrogen functional groups attached to an aromatic ring is 1. The molecule has 0 saturated carbocycles. The van der Waals surface area contributed by atoms with Gasteiger partial charge in [-0.3, -0.25) is 71.2 Å². The van der Waals surface area contributed by atoms with Crippen LogP contribution in [0.2, 0.25) is 0 Å². The van der Waals surface area contributed by atoms with E-state index in [0.29, 0.717) is 30.5 Å². The third-order valence-corrected chi connectivity index (χ3v) is 15.5. The number of nitrogens with zero attached hydrogens (tertiary/aromatic N) is 8. The number of aliphatic hydroxyl groups is 2. The van der Waals surface area contributed by atoms with Crippen LogP contribution in [0.3, 0.4) is 0 Å². The number of carbonyl (C=O) groups excluding carboxylic acids is 6. The van der Waals surface area contributed by atoms with Crippen LogP contribution in [0.15, 0.2) is 60.2 Å². The second-order valence-corrected chi connectivity index (χ2v) is 22.6. The van der Waals surface area contributed by atoms with E-state index in [4.69, 9.17) is 38.0 Å². The number of rotatable bonds is 18. The molecular weight excluding hydrogens is 1130 g/mol. The molecule has 0 aliphatic carbocycles. The van der Waals surface area contributed by atoms with Crippen molar-refractivity contribution in [3.63, 3.8) is 0 Å². The van der Waals surface area contributed by atoms with Crippen LogP contribution >= 0.6 is 15.6 Å². The first kappa shape index (κ1) is 59.4. The molecule has 0 radical (unpaired) electrons. The summed E-state index contributed by atoms with van der Waals surface area (Å²) in [7, 11) is -10.4. The maximum atomic E-state index is 13.5. The summed E-state index contributed by atoms with van der Waals surface area (Å²) in [6.45, 7) is 3.32. The lowest BCUT2D eigenvalue weighted by atomic mass is 9.92. The third-order valence-electron chi connectivity index (χ3n) is 13.6. The zero-order valence-electron chi connectivity index (χ0n) is 43.8. The Morgan fingerprint density at radius 2 is 1.40 bits per heavy atom. The highest BCUT2D eigenvalue weighted by Gasteiger charge is 2.54. The maximum Gasteiger partial charge on any atom is 0.472 e. The predicted molar refractivity (Wildman–Crippen MR) is 278 cm³/mol. The SMILES string of the molecule is CC(CC(=O)[C@H](NC(=O)CCCCCN1C(=O)C=CC1=O)C(C)C)C(=O)Nc1ccc(COC(=O)Nc2ncnc3c2ncn3[C@@H]2O[C@@H]3COP(=O)(O)O[C@@H]4C(O)[C@H](n5cnc6c(=O)[nH]c(N)nc65)O[C@@H]4COP(=O)(O)OC3[C@@H]2O)cc1. The van der Waals surface area contributed by atoms with E-state index in [0.717, 1.165) is 33.0 Å². The number of nitrogens with two attached hydrogens (primary N) is 1. The van der Waals surface area contributed by atoms with Crippen LogP contribution in [0.25, 0.3) is 22.3 Å². The third kappa shape index (κ3) is 13.5. The van der Waals surface area contributed by atoms with E-state index in [9.17, 15) is 62.7 Å². The van der Waals surface area contributed by atoms with Crippen molar-refractivity contribution < 1.29 is 90.2 Å². The van der Waals surface area contributed by atoms with Crippen LogP contribution in [0.1, 0.15) is 70.9 Å². The topological polar surface area (TPSA) is 455 Å². The highest BCUT2D eigenvalue weighted by molar-refractivity contribution is 7.47. The van der Waals surface area contributed by atoms with Gasteiger partial charge in [-0.25, -0.2) is 33.9 Å². The minimum atomic E-state index is -5.21. The van der Waals surface area contributed by atoms with E-state index < -0.39 is 107 Å². The second-order valence-electron chi connectivity index (χ2n) is 19.8. The van der Waals surface area contributed by atoms with Crippen molar-refractivity contribution in [1.82, 2.24) is 49.3 Å². The molecule has 3 saturated heterocycles. The van der Waals surface area contributed by atoms with Crippen molar-refractivity contribution in [1.29, 1.82) is 0 Å². The van der Waals surface area contributed by atoms with Gasteiger partial charge in [0.05, 0.1) is 31.9 Å². The number of aliphatic hydroxyl groups excluding tert-OH is 2. The van der Waals surface area contributed by atoms with Gasteiger partial charge in [-0.05, 0) is 36.5 Å². The average molecular weight is 1190 g/mol. The van der Waals surface area contributed by atoms with Crippen LogP contribution < -0.4 is 27.2 Å². The molecule has 33 nitrogen and oxygen atoms in total. The number of phosphoric ester groups is 2. The summed E-state index contributed by atoms with van der Waals surface area (Å²) in [5.41, 5.74) is 5.42. The maximum absolute atomic E-state index is 13.5. The Hall–Kier alpha value is -7.26. The van der Waals surface area contributed by atoms with Crippen LogP contribution in [0, 0.1) is 11.8 Å². The Labute approximate surface area is 463 Å². The number of phosphoric acid groups is 2. The molecule has 4 aliphatic rings. The van der Waals surface area contributed by atoms with Crippen molar-refractivity contribution in [2.45, 2.75) is 115 Å². The fourth-order valence-corrected chi connectivity index (χ4v) is 11.3. The van der Waals surface area contributed by atoms with Gasteiger partial charge in [0.15, 0.2) is 46.4 Å². The van der Waals surface area contributed by atoms with Gasteiger partial charge in [-0.15, -0.1) is 0 Å². The van der Waals surface area contributed by atoms with E-state index >= 15 is 0 Å². The van der Waals surface area contributed by atoms with Gasteiger partial charge in [0, 0.05) is 43.1 Å². The molecule has 12 atom stereocenters. The zero-order valence-corrected chi connectivity index (χ0v) is 45.6. The fraction of sp³-hybridized carbons (Fsp3) is 0.489. The number of aromatic nitrogens is 8. The largest absolute Gasteiger partial charge is 0.472 e. The monoisotopic (exact) mass is 1190 g/mol. The van der Waals surface area contributed by atoms with Crippen LogP contribution in [-0.2, 0) is 72.0 Å². The molecule has 0 bridgehead atoms. The van der Waals surface area contributed by atoms with Gasteiger partial charge in [0.25, 0.3) is 17.4 Å². The number of anilines is 3. The number of benzene rings is 1. The number of hydrogen-bond acceptors (Lipinski definition) is 24. The summed E-state index contributed by atoms with van der Waals surface area (Å²) in [6.07, 6.45) is -7.28. The molecule has 4 aromatic heterocycles. The molecule has 3 fully saturated rings. The fourth-order valence-electron chi connectivity index (χ4n) is 9.39. The number of ether oxygens (including phenoxy) is 3. The molecule has 440 valence electrons. The Bertz CT molecular complexity index is 3430. The number of unbranched alkanes of at least 4 members (excludes halogenated alkanes) is 2. The van der Waals surface area contributed by atoms with Crippen molar-refractivity contribution in [3.05, 3.63) is 71.3 Å². The normalized spacial score (nSPS) is 27.4. The summed E-state index contributed by atoms with van der Waals surface area (Å²) in [5.74, 6) is -3.30. The van der Waals surface area contributed by atoms with Crippen molar-refractivity contribution in [2.24, 2.45) is 11.8 Å². The standard InChI is InChI=1S/C47H57N13O20P2/c1-22(2)32(54-29(62)7-5-4-6-14-58-30(63)12-13-31(58)64)26(61)15-23(3)42(67)53-25-10-8-24(9-11-25)16-74-47(69)55-39-33-40(50-19-49-39)59(20-51-33)44-35(65)37-27(77-44)17-75-82(72,73)80-38-28(18-76-81(70,71)79-37)78-45(36(38)66)60-21-52-34-41(60)56-46(48)57-43(34)68/h8-13,19-23,27-28,32,35-38,44-45,65-66H,4-7,14-18H2,1-3H3,(H,53,67)(H,54,62)(H,70,71)(H,72,73)(H3,48,56,57,68)(H,49,50,55,69)/t23?,27-,28-,32-,35+,36?,37?,38+,44-,45-/m1/s1. The summed E-state index contributed by atoms with van der Waals surface area (Å²) in [5, 5.41) is 30.9. The summed E-state index contributed by atoms with van der Waals surface area (Å²) < 4.78 is 67.4. The Balaban J connectivity index is 0.757. The number of nitrogens with one attached hydrogen (secondary N) is 4. The molecule has 82 heavy (non-hydrogen) atoms. The molecule has 5 amide bonds. The lowest BCUT2D eigenvalue weighted by Crippen LogP contribution is -2.45. The second kappa shape index (κ2) is 24.7. The van der Waals surface area contributed by atoms with Gasteiger partial charge in [0.2, 0.25) is 17.8 Å². The lowest BCUT2D eigenvalue weighted by Gasteiger charge is -2.27. The van der Waals surface area contributed by atoms with E-state index in [1.165, 1.54) is 12.2 Å². The molecule has 1 aromatic carbocycles. The number of H-pyrrole nitrogens is 1. The van der Waals surface area contributed by atoms with E-state index in [1.807, 2.05) is 0 Å². The highest BCUT2D eigenvalue weighted by Crippen LogP contribution is 2.54. The average Bonchev–Trinajstić information content (AvgIpc) is 4.29. The van der Waals surface area contributed by atoms with E-state index in [2.05, 4.69) is 45.9 Å². The first-order chi connectivity index (χ1) is 39.0. The molecule has 8 heterocycles. The minimum absolute atomic E-state index is 0.0453. The Kier molecular flexibility index (Phi) is 17.9. The van der Waals surface area contributed by atoms with Crippen molar-refractivity contribution in [3.8, 4) is 0 Å². The molecule has 0 spiro atoms. The Morgan fingerprint density at radius 1 is 0.805 bits per heavy atom. The minimum Gasteiger partial charge on any atom is -0.444 e. The Morgan fingerprint density at radius 3 is 2.01 bits per heavy atom. The number of imidazole rings is 2. The first-order valence-corrected chi connectivity index (χ1v) is 28.5. The van der Waals surface area contributed by atoms with Gasteiger partial charge in [0.1, 0.15) is 49.6 Å². The summed E-state index contributed by atoms with van der Waals surface area (Å²) in [4.78, 5) is 134. The molecule has 9 rings (SSSR count). The lowest BCUT2D eigenvalue weighted by molar-refractivity contribution is -0.137. The van der Waals surface area contributed by atoms with E-state index in [1.54, 1.807) is 45.0 Å². The smallest absolute Gasteiger partial charge is 0.444 e. The van der Waals surface area contributed by atoms with Crippen LogP contribution in [0.5, 0.6) is 0 Å². The number of hydrogen-bond donors (Lipinski definition) is 9. The quantitative estimate of drug-likeness (QED) is 0.0335. The number of carbonyl (C=O) groups is 6. The van der Waals surface area contributed by atoms with Crippen LogP contribution in [0.4, 0.5) is 22.2 Å². The highest BCUT2D eigenvalue weighted by atomic mass is 31.2. The van der Waals surface area contributed by atoms with Crippen molar-refractivity contribution in [2.75, 3.05) is 36.1 Å². The molecule has 4 aliphatic heterocycles. The summed E-state index contributed by atoms with van der Waals surface area (Å²) >= 11 is 0. The predicted octanol–water partition coefficient (Wildman–Crippen LogP) is 0.985. The summed E-state index contributed by atoms with van der Waals surface area (Å²) in [6, 6.07) is 5.48. The number of ketones is 1.